The monoisotopic (exact) mass is 302 g/mol. The second kappa shape index (κ2) is 5.23. The zero-order valence-electron chi connectivity index (χ0n) is 12.4. The van der Waals surface area contributed by atoms with E-state index in [-0.39, 0.29) is 6.04 Å². The van der Waals surface area contributed by atoms with E-state index < -0.39 is 0 Å². The number of pyridine rings is 1. The van der Waals surface area contributed by atoms with E-state index in [9.17, 15) is 5.11 Å². The number of rotatable bonds is 2. The Labute approximate surface area is 130 Å². The number of aromatic nitrogens is 1. The minimum Gasteiger partial charge on any atom is -0.508 e. The van der Waals surface area contributed by atoms with Gasteiger partial charge in [0.2, 0.25) is 0 Å². The maximum absolute atomic E-state index is 10.3. The highest BCUT2D eigenvalue weighted by molar-refractivity contribution is 6.32. The van der Waals surface area contributed by atoms with Crippen LogP contribution in [0.1, 0.15) is 47.6 Å². The summed E-state index contributed by atoms with van der Waals surface area (Å²) in [5.74, 6) is 0.773. The molecule has 0 saturated carbocycles. The third kappa shape index (κ3) is 2.46. The van der Waals surface area contributed by atoms with Gasteiger partial charge in [0.05, 0.1) is 11.7 Å². The fourth-order valence-electron chi connectivity index (χ4n) is 3.32. The van der Waals surface area contributed by atoms with Gasteiger partial charge >= 0.3 is 0 Å². The molecule has 2 atom stereocenters. The molecule has 0 spiro atoms. The highest BCUT2D eigenvalue weighted by Gasteiger charge is 2.32. The van der Waals surface area contributed by atoms with Gasteiger partial charge in [-0.25, -0.2) is 4.98 Å². The number of anilines is 1. The number of aromatic hydroxyl groups is 1. The van der Waals surface area contributed by atoms with E-state index in [0.29, 0.717) is 16.8 Å². The predicted molar refractivity (Wildman–Crippen MR) is 86.2 cm³/mol. The topological polar surface area (TPSA) is 45.2 Å². The Balaban J connectivity index is 2.00. The summed E-state index contributed by atoms with van der Waals surface area (Å²) < 4.78 is 0. The van der Waals surface area contributed by atoms with Crippen molar-refractivity contribution >= 4 is 17.3 Å². The molecule has 2 aromatic rings. The van der Waals surface area contributed by atoms with Crippen LogP contribution in [0.25, 0.3) is 0 Å². The second-order valence-electron chi connectivity index (χ2n) is 5.91. The van der Waals surface area contributed by atoms with Crippen LogP contribution in [0.5, 0.6) is 5.75 Å². The number of aryl methyl sites for hydroxylation is 2. The van der Waals surface area contributed by atoms with Crippen LogP contribution in [0.4, 0.5) is 5.69 Å². The first-order chi connectivity index (χ1) is 9.97. The van der Waals surface area contributed by atoms with E-state index in [0.717, 1.165) is 23.2 Å². The molecule has 2 unspecified atom stereocenters. The molecule has 0 radical (unpaired) electrons. The Morgan fingerprint density at radius 3 is 2.81 bits per heavy atom. The number of fused-ring (bicyclic) bond motifs is 1. The van der Waals surface area contributed by atoms with Crippen LogP contribution in [0.3, 0.4) is 0 Å². The molecule has 0 aliphatic heterocycles. The summed E-state index contributed by atoms with van der Waals surface area (Å²) in [6.07, 6.45) is 2.69. The van der Waals surface area contributed by atoms with Crippen molar-refractivity contribution in [1.29, 1.82) is 0 Å². The molecule has 110 valence electrons. The van der Waals surface area contributed by atoms with Crippen molar-refractivity contribution in [2.24, 2.45) is 0 Å². The van der Waals surface area contributed by atoms with Crippen LogP contribution >= 0.6 is 11.6 Å². The summed E-state index contributed by atoms with van der Waals surface area (Å²) in [5.41, 5.74) is 5.36. The van der Waals surface area contributed by atoms with E-state index in [4.69, 9.17) is 11.6 Å². The number of benzene rings is 1. The van der Waals surface area contributed by atoms with Crippen LogP contribution in [0.2, 0.25) is 5.15 Å². The van der Waals surface area contributed by atoms with Gasteiger partial charge in [0.25, 0.3) is 0 Å². The Kier molecular flexibility index (Phi) is 3.54. The lowest BCUT2D eigenvalue weighted by Crippen LogP contribution is -2.08. The zero-order chi connectivity index (χ0) is 15.1. The molecule has 3 nitrogen and oxygen atoms in total. The smallest absolute Gasteiger partial charge is 0.152 e. The van der Waals surface area contributed by atoms with E-state index in [2.05, 4.69) is 24.1 Å². The number of hydrogen-bond donors (Lipinski definition) is 2. The van der Waals surface area contributed by atoms with Crippen LogP contribution in [-0.2, 0) is 0 Å². The van der Waals surface area contributed by atoms with Crippen molar-refractivity contribution in [2.75, 3.05) is 5.32 Å². The second-order valence-corrected chi connectivity index (χ2v) is 6.27. The zero-order valence-corrected chi connectivity index (χ0v) is 13.2. The van der Waals surface area contributed by atoms with Crippen molar-refractivity contribution in [3.63, 3.8) is 0 Å². The quantitative estimate of drug-likeness (QED) is 0.789. The summed E-state index contributed by atoms with van der Waals surface area (Å²) in [7, 11) is 0. The minimum atomic E-state index is 0.0657. The Bertz CT molecular complexity index is 699. The molecule has 1 aromatic carbocycles. The fourth-order valence-corrected chi connectivity index (χ4v) is 3.47. The van der Waals surface area contributed by atoms with Gasteiger partial charge in [-0.1, -0.05) is 24.6 Å². The first kappa shape index (κ1) is 14.2. The normalized spacial score (nSPS) is 20.4. The van der Waals surface area contributed by atoms with E-state index >= 15 is 0 Å². The van der Waals surface area contributed by atoms with Crippen LogP contribution in [0, 0.1) is 13.8 Å². The molecule has 1 heterocycles. The van der Waals surface area contributed by atoms with Gasteiger partial charge in [-0.05, 0) is 55.0 Å². The number of phenolic OH excluding ortho intramolecular Hbond substituents is 1. The van der Waals surface area contributed by atoms with Crippen molar-refractivity contribution < 1.29 is 5.11 Å². The molecule has 0 amide bonds. The summed E-state index contributed by atoms with van der Waals surface area (Å²) in [6.45, 7) is 6.28. The first-order valence-electron chi connectivity index (χ1n) is 7.18. The summed E-state index contributed by atoms with van der Waals surface area (Å²) in [6, 6.07) is 5.81. The van der Waals surface area contributed by atoms with E-state index in [1.165, 1.54) is 11.1 Å². The first-order valence-corrected chi connectivity index (χ1v) is 7.56. The lowest BCUT2D eigenvalue weighted by Gasteiger charge is -2.18. The molecule has 21 heavy (non-hydrogen) atoms. The van der Waals surface area contributed by atoms with Crippen LogP contribution in [0.15, 0.2) is 24.4 Å². The van der Waals surface area contributed by atoms with Gasteiger partial charge < -0.3 is 10.4 Å². The number of nitrogens with zero attached hydrogens (tertiary/aromatic N) is 1. The minimum absolute atomic E-state index is 0.0657. The molecular formula is C17H19ClN2O. The van der Waals surface area contributed by atoms with E-state index in [1.54, 1.807) is 12.3 Å². The molecule has 1 aliphatic carbocycles. The largest absolute Gasteiger partial charge is 0.508 e. The number of halogens is 1. The number of nitrogens with one attached hydrogen (secondary N) is 1. The third-order valence-electron chi connectivity index (χ3n) is 4.22. The highest BCUT2D eigenvalue weighted by Crippen LogP contribution is 2.47. The van der Waals surface area contributed by atoms with Crippen molar-refractivity contribution in [3.05, 3.63) is 51.8 Å². The van der Waals surface area contributed by atoms with Crippen LogP contribution < -0.4 is 5.32 Å². The summed E-state index contributed by atoms with van der Waals surface area (Å²) in [4.78, 5) is 4.18. The Morgan fingerprint density at radius 1 is 1.29 bits per heavy atom. The number of hydrogen-bond acceptors (Lipinski definition) is 3. The standard InChI is InChI=1S/C17H19ClN2O/c1-9-6-13(17(18)19-8-9)20-12-7-11(3)15-10(2)4-5-14(21)16(12)15/h4-6,8,11-12,20-21H,7H2,1-3H3. The van der Waals surface area contributed by atoms with Gasteiger partial charge in [0.1, 0.15) is 5.75 Å². The van der Waals surface area contributed by atoms with E-state index in [1.807, 2.05) is 19.1 Å². The molecular weight excluding hydrogens is 284 g/mol. The average Bonchev–Trinajstić information content (AvgIpc) is 2.76. The predicted octanol–water partition coefficient (Wildman–Crippen LogP) is 4.72. The number of phenols is 1. The molecule has 0 saturated heterocycles. The van der Waals surface area contributed by atoms with Crippen LogP contribution in [-0.4, -0.2) is 10.1 Å². The molecule has 0 fully saturated rings. The Hall–Kier alpha value is -1.74. The maximum atomic E-state index is 10.3. The van der Waals surface area contributed by atoms with Gasteiger partial charge in [-0.2, -0.15) is 0 Å². The van der Waals surface area contributed by atoms with Gasteiger partial charge in [0, 0.05) is 11.8 Å². The highest BCUT2D eigenvalue weighted by atomic mass is 35.5. The van der Waals surface area contributed by atoms with Gasteiger partial charge in [-0.15, -0.1) is 0 Å². The fraction of sp³-hybridized carbons (Fsp3) is 0.353. The van der Waals surface area contributed by atoms with Crippen molar-refractivity contribution in [1.82, 2.24) is 4.98 Å². The van der Waals surface area contributed by atoms with Crippen molar-refractivity contribution in [3.8, 4) is 5.75 Å². The SMILES string of the molecule is Cc1cnc(Cl)c(NC2CC(C)c3c(C)ccc(O)c32)c1. The van der Waals surface area contributed by atoms with Gasteiger partial charge in [-0.3, -0.25) is 0 Å². The third-order valence-corrected chi connectivity index (χ3v) is 4.52. The van der Waals surface area contributed by atoms with Gasteiger partial charge in [0.15, 0.2) is 5.15 Å². The summed E-state index contributed by atoms with van der Waals surface area (Å²) in [5, 5.41) is 14.2. The molecule has 3 rings (SSSR count). The summed E-state index contributed by atoms with van der Waals surface area (Å²) >= 11 is 6.17. The molecule has 1 aromatic heterocycles. The molecule has 0 bridgehead atoms. The lowest BCUT2D eigenvalue weighted by atomic mass is 9.97. The molecule has 4 heteroatoms. The Morgan fingerprint density at radius 2 is 2.05 bits per heavy atom. The lowest BCUT2D eigenvalue weighted by molar-refractivity contribution is 0.465. The molecule has 1 aliphatic rings. The van der Waals surface area contributed by atoms with Crippen molar-refractivity contribution in [2.45, 2.75) is 39.2 Å². The molecule has 2 N–H and O–H groups in total. The average molecular weight is 303 g/mol. The maximum Gasteiger partial charge on any atom is 0.152 e.